The number of hydrogen-bond acceptors (Lipinski definition) is 5. The highest BCUT2D eigenvalue weighted by Crippen LogP contribution is 2.44. The summed E-state index contributed by atoms with van der Waals surface area (Å²) in [5.41, 5.74) is 4.59. The Balaban J connectivity index is 1.38. The highest BCUT2D eigenvalue weighted by molar-refractivity contribution is 5.88. The number of hydrogen-bond donors (Lipinski definition) is 1. The lowest BCUT2D eigenvalue weighted by Gasteiger charge is -2.26. The van der Waals surface area contributed by atoms with Gasteiger partial charge >= 0.3 is 12.1 Å². The van der Waals surface area contributed by atoms with Crippen molar-refractivity contribution < 1.29 is 19.4 Å². The topological polar surface area (TPSA) is 97.5 Å². The number of carboxylic acids is 1. The van der Waals surface area contributed by atoms with Crippen molar-refractivity contribution in [2.45, 2.75) is 18.9 Å². The lowest BCUT2D eigenvalue weighted by atomic mass is 9.98. The number of rotatable bonds is 3. The van der Waals surface area contributed by atoms with Gasteiger partial charge in [0.1, 0.15) is 6.61 Å². The molecule has 0 radical (unpaired) electrons. The van der Waals surface area contributed by atoms with Crippen LogP contribution in [0.4, 0.5) is 10.7 Å². The first-order valence-corrected chi connectivity index (χ1v) is 9.44. The average molecular weight is 390 g/mol. The maximum Gasteiger partial charge on any atom is 0.416 e. The van der Waals surface area contributed by atoms with Gasteiger partial charge in [-0.2, -0.15) is 4.98 Å². The van der Waals surface area contributed by atoms with Crippen molar-refractivity contribution in [3.63, 3.8) is 0 Å². The Bertz CT molecular complexity index is 1080. The maximum absolute atomic E-state index is 12.8. The minimum atomic E-state index is -1.22. The molecule has 0 atom stereocenters. The molecule has 8 heteroatoms. The summed E-state index contributed by atoms with van der Waals surface area (Å²) < 4.78 is 7.10. The molecule has 5 rings (SSSR count). The van der Waals surface area contributed by atoms with Crippen LogP contribution in [-0.2, 0) is 11.3 Å². The first-order chi connectivity index (χ1) is 14.1. The van der Waals surface area contributed by atoms with Crippen molar-refractivity contribution in [2.24, 2.45) is 0 Å². The first kappa shape index (κ1) is 17.4. The van der Waals surface area contributed by atoms with E-state index in [1.807, 2.05) is 24.3 Å². The van der Waals surface area contributed by atoms with Gasteiger partial charge in [0.2, 0.25) is 5.95 Å². The van der Waals surface area contributed by atoms with Crippen molar-refractivity contribution >= 4 is 18.0 Å². The van der Waals surface area contributed by atoms with Gasteiger partial charge < -0.3 is 9.84 Å². The van der Waals surface area contributed by atoms with E-state index >= 15 is 0 Å². The van der Waals surface area contributed by atoms with Crippen LogP contribution in [0.15, 0.2) is 48.5 Å². The number of ether oxygens (including phenoxy) is 1. The van der Waals surface area contributed by atoms with E-state index in [2.05, 4.69) is 34.3 Å². The molecule has 1 aliphatic carbocycles. The van der Waals surface area contributed by atoms with E-state index in [1.54, 1.807) is 0 Å². The van der Waals surface area contributed by atoms with Gasteiger partial charge in [-0.05, 0) is 28.7 Å². The second-order valence-corrected chi connectivity index (χ2v) is 7.07. The summed E-state index contributed by atoms with van der Waals surface area (Å²) in [6.45, 7) is 1.13. The first-order valence-electron chi connectivity index (χ1n) is 9.44. The second-order valence-electron chi connectivity index (χ2n) is 7.07. The van der Waals surface area contributed by atoms with E-state index in [0.29, 0.717) is 19.5 Å². The minimum Gasteiger partial charge on any atom is -0.475 e. The highest BCUT2D eigenvalue weighted by atomic mass is 16.6. The van der Waals surface area contributed by atoms with Crippen LogP contribution in [0.5, 0.6) is 0 Å². The number of fused-ring (bicyclic) bond motifs is 4. The van der Waals surface area contributed by atoms with Crippen molar-refractivity contribution in [1.82, 2.24) is 14.8 Å². The number of nitrogens with zero attached hydrogens (tertiary/aromatic N) is 4. The Morgan fingerprint density at radius 2 is 1.69 bits per heavy atom. The van der Waals surface area contributed by atoms with Crippen LogP contribution in [0.1, 0.15) is 34.1 Å². The van der Waals surface area contributed by atoms with Gasteiger partial charge in [-0.25, -0.2) is 19.2 Å². The lowest BCUT2D eigenvalue weighted by molar-refractivity contribution is 0.0683. The summed E-state index contributed by atoms with van der Waals surface area (Å²) in [5, 5.41) is 13.1. The zero-order valence-corrected chi connectivity index (χ0v) is 15.5. The van der Waals surface area contributed by atoms with Crippen LogP contribution in [0.25, 0.3) is 11.1 Å². The molecule has 0 saturated carbocycles. The van der Waals surface area contributed by atoms with Crippen LogP contribution in [0.3, 0.4) is 0 Å². The molecular weight excluding hydrogens is 372 g/mol. The molecule has 2 aromatic carbocycles. The molecule has 2 heterocycles. The van der Waals surface area contributed by atoms with Crippen molar-refractivity contribution in [2.75, 3.05) is 18.1 Å². The summed E-state index contributed by atoms with van der Waals surface area (Å²) in [5.74, 6) is -1.37. The fourth-order valence-electron chi connectivity index (χ4n) is 4.10. The molecule has 0 bridgehead atoms. The third kappa shape index (κ3) is 2.84. The summed E-state index contributed by atoms with van der Waals surface area (Å²) in [4.78, 5) is 29.3. The van der Waals surface area contributed by atoms with Gasteiger partial charge in [0.15, 0.2) is 0 Å². The summed E-state index contributed by atoms with van der Waals surface area (Å²) in [6.07, 6.45) is 0.108. The molecule has 0 fully saturated rings. The molecule has 1 aliphatic heterocycles. The second kappa shape index (κ2) is 6.73. The zero-order valence-electron chi connectivity index (χ0n) is 15.5. The van der Waals surface area contributed by atoms with Crippen LogP contribution < -0.4 is 4.90 Å². The number of amides is 1. The number of aromatic carboxylic acids is 1. The Morgan fingerprint density at radius 3 is 2.34 bits per heavy atom. The summed E-state index contributed by atoms with van der Waals surface area (Å²) >= 11 is 0. The fourth-order valence-corrected chi connectivity index (χ4v) is 4.10. The smallest absolute Gasteiger partial charge is 0.416 e. The third-order valence-corrected chi connectivity index (χ3v) is 5.39. The Morgan fingerprint density at radius 1 is 1.03 bits per heavy atom. The number of carboxylic acid groups (broad SMARTS) is 1. The van der Waals surface area contributed by atoms with Crippen LogP contribution in [0.2, 0.25) is 0 Å². The zero-order chi connectivity index (χ0) is 20.0. The van der Waals surface area contributed by atoms with E-state index in [-0.39, 0.29) is 24.3 Å². The number of aryl methyl sites for hydroxylation is 1. The van der Waals surface area contributed by atoms with Gasteiger partial charge in [0, 0.05) is 19.0 Å². The molecule has 3 aromatic rings. The molecule has 0 spiro atoms. The van der Waals surface area contributed by atoms with Gasteiger partial charge in [0.05, 0.1) is 0 Å². The Hall–Kier alpha value is -3.68. The number of aromatic nitrogens is 3. The highest BCUT2D eigenvalue weighted by Gasteiger charge is 2.32. The quantitative estimate of drug-likeness (QED) is 0.738. The third-order valence-electron chi connectivity index (χ3n) is 5.39. The lowest BCUT2D eigenvalue weighted by Crippen LogP contribution is -2.39. The Labute approximate surface area is 166 Å². The van der Waals surface area contributed by atoms with E-state index < -0.39 is 12.1 Å². The van der Waals surface area contributed by atoms with Crippen molar-refractivity contribution in [3.8, 4) is 11.1 Å². The van der Waals surface area contributed by atoms with Gasteiger partial charge in [-0.15, -0.1) is 5.10 Å². The molecule has 1 amide bonds. The number of carbonyl (C=O) groups is 2. The summed E-state index contributed by atoms with van der Waals surface area (Å²) in [7, 11) is 0. The van der Waals surface area contributed by atoms with Crippen molar-refractivity contribution in [3.05, 3.63) is 65.5 Å². The Kier molecular flexibility index (Phi) is 4.04. The predicted molar refractivity (Wildman–Crippen MR) is 104 cm³/mol. The molecule has 1 aromatic heterocycles. The van der Waals surface area contributed by atoms with E-state index in [4.69, 9.17) is 9.84 Å². The van der Waals surface area contributed by atoms with Crippen LogP contribution in [-0.4, -0.2) is 45.1 Å². The SMILES string of the molecule is O=C(O)c1nc2n(n1)CCCN2C(=O)OCC1c2ccccc2-c2ccccc21. The molecule has 29 heavy (non-hydrogen) atoms. The molecule has 8 nitrogen and oxygen atoms in total. The molecule has 0 unspecified atom stereocenters. The van der Waals surface area contributed by atoms with E-state index in [0.717, 1.165) is 22.3 Å². The van der Waals surface area contributed by atoms with E-state index in [1.165, 1.54) is 9.58 Å². The van der Waals surface area contributed by atoms with E-state index in [9.17, 15) is 9.59 Å². The fraction of sp³-hybridized carbons (Fsp3) is 0.238. The van der Waals surface area contributed by atoms with Crippen molar-refractivity contribution in [1.29, 1.82) is 0 Å². The number of carbonyl (C=O) groups excluding carboxylic acids is 1. The number of benzene rings is 2. The molecule has 146 valence electrons. The van der Waals surface area contributed by atoms with Crippen LogP contribution >= 0.6 is 0 Å². The monoisotopic (exact) mass is 390 g/mol. The molecule has 2 aliphatic rings. The van der Waals surface area contributed by atoms with Gasteiger partial charge in [-0.1, -0.05) is 48.5 Å². The maximum atomic E-state index is 12.8. The van der Waals surface area contributed by atoms with Gasteiger partial charge in [-0.3, -0.25) is 0 Å². The molecule has 1 N–H and O–H groups in total. The normalized spacial score (nSPS) is 14.8. The average Bonchev–Trinajstić information content (AvgIpc) is 3.32. The molecular formula is C21H18N4O4. The molecule has 0 saturated heterocycles. The summed E-state index contributed by atoms with van der Waals surface area (Å²) in [6, 6.07) is 16.3. The standard InChI is InChI=1S/C21H18N4O4/c26-19(27)18-22-20-24(10-5-11-25(20)23-18)21(28)29-12-17-15-8-3-1-6-13(15)14-7-2-4-9-16(14)17/h1-4,6-9,17H,5,10-12H2,(H,26,27). The minimum absolute atomic E-state index is 0.0383. The predicted octanol–water partition coefficient (Wildman–Crippen LogP) is 3.14. The van der Waals surface area contributed by atoms with Gasteiger partial charge in [0.25, 0.3) is 5.82 Å². The number of anilines is 1. The van der Waals surface area contributed by atoms with Crippen LogP contribution in [0, 0.1) is 0 Å². The largest absolute Gasteiger partial charge is 0.475 e.